The summed E-state index contributed by atoms with van der Waals surface area (Å²) in [4.78, 5) is 6.81. The minimum atomic E-state index is 0.386. The van der Waals surface area contributed by atoms with Gasteiger partial charge in [0.1, 0.15) is 5.75 Å². The van der Waals surface area contributed by atoms with E-state index in [1.165, 1.54) is 12.0 Å². The summed E-state index contributed by atoms with van der Waals surface area (Å²) in [6, 6.07) is 8.56. The lowest BCUT2D eigenvalue weighted by Gasteiger charge is -2.21. The fourth-order valence-corrected chi connectivity index (χ4v) is 2.99. The number of rotatable bonds is 14. The standard InChI is InChI=1S/C22H40N4O2/c1-6-26(7-2)14-9-11-19(3)25-22(23-4)24-18-20-12-8-13-21(17-20)28-16-10-15-27-5/h8,12-13,17,19H,6-7,9-11,14-16,18H2,1-5H3,(H2,23,24,25). The van der Waals surface area contributed by atoms with E-state index in [0.29, 0.717) is 19.2 Å². The molecule has 0 aliphatic carbocycles. The van der Waals surface area contributed by atoms with E-state index in [-0.39, 0.29) is 0 Å². The van der Waals surface area contributed by atoms with Gasteiger partial charge in [-0.3, -0.25) is 4.99 Å². The molecule has 0 aromatic heterocycles. The molecule has 6 nitrogen and oxygen atoms in total. The zero-order valence-electron chi connectivity index (χ0n) is 18.5. The lowest BCUT2D eigenvalue weighted by Crippen LogP contribution is -2.42. The molecule has 0 aliphatic rings. The lowest BCUT2D eigenvalue weighted by molar-refractivity contribution is 0.172. The molecule has 160 valence electrons. The highest BCUT2D eigenvalue weighted by Crippen LogP contribution is 2.13. The second kappa shape index (κ2) is 15.2. The first-order valence-electron chi connectivity index (χ1n) is 10.5. The summed E-state index contributed by atoms with van der Waals surface area (Å²) in [7, 11) is 3.52. The van der Waals surface area contributed by atoms with Crippen LogP contribution in [0.25, 0.3) is 0 Å². The first kappa shape index (κ1) is 24.2. The number of benzene rings is 1. The average Bonchev–Trinajstić information content (AvgIpc) is 2.72. The summed E-state index contributed by atoms with van der Waals surface area (Å²) >= 11 is 0. The van der Waals surface area contributed by atoms with Crippen molar-refractivity contribution in [3.63, 3.8) is 0 Å². The Morgan fingerprint density at radius 1 is 1.18 bits per heavy atom. The number of hydrogen-bond donors (Lipinski definition) is 2. The van der Waals surface area contributed by atoms with Gasteiger partial charge in [0.15, 0.2) is 5.96 Å². The van der Waals surface area contributed by atoms with Gasteiger partial charge in [-0.05, 0) is 57.1 Å². The molecule has 0 saturated carbocycles. The predicted octanol–water partition coefficient (Wildman–Crippen LogP) is 3.28. The van der Waals surface area contributed by atoms with Crippen LogP contribution in [0.4, 0.5) is 0 Å². The lowest BCUT2D eigenvalue weighted by atomic mass is 10.2. The molecule has 0 amide bonds. The molecule has 1 rings (SSSR count). The van der Waals surface area contributed by atoms with Crippen molar-refractivity contribution in [2.45, 2.75) is 52.6 Å². The fourth-order valence-electron chi connectivity index (χ4n) is 2.99. The van der Waals surface area contributed by atoms with Crippen LogP contribution in [-0.4, -0.2) is 63.9 Å². The van der Waals surface area contributed by atoms with Crippen molar-refractivity contribution >= 4 is 5.96 Å². The van der Waals surface area contributed by atoms with Crippen LogP contribution >= 0.6 is 0 Å². The molecule has 0 aliphatic heterocycles. The zero-order chi connectivity index (χ0) is 20.6. The summed E-state index contributed by atoms with van der Waals surface area (Å²) in [6.07, 6.45) is 3.21. The first-order valence-corrected chi connectivity index (χ1v) is 10.5. The molecule has 1 aromatic rings. The number of hydrogen-bond acceptors (Lipinski definition) is 4. The van der Waals surface area contributed by atoms with Crippen LogP contribution in [-0.2, 0) is 11.3 Å². The van der Waals surface area contributed by atoms with E-state index in [2.05, 4.69) is 53.4 Å². The van der Waals surface area contributed by atoms with Gasteiger partial charge in [0.2, 0.25) is 0 Å². The van der Waals surface area contributed by atoms with Gasteiger partial charge in [0, 0.05) is 39.8 Å². The third-order valence-corrected chi connectivity index (χ3v) is 4.73. The molecular weight excluding hydrogens is 352 g/mol. The molecule has 0 spiro atoms. The Morgan fingerprint density at radius 3 is 2.64 bits per heavy atom. The Hall–Kier alpha value is -1.79. The number of aliphatic imine (C=N–C) groups is 1. The van der Waals surface area contributed by atoms with Crippen LogP contribution in [0.1, 0.15) is 45.6 Å². The molecule has 1 atom stereocenters. The fraction of sp³-hybridized carbons (Fsp3) is 0.682. The Balaban J connectivity index is 2.37. The number of methoxy groups -OCH3 is 1. The van der Waals surface area contributed by atoms with E-state index >= 15 is 0 Å². The van der Waals surface area contributed by atoms with Crippen LogP contribution < -0.4 is 15.4 Å². The van der Waals surface area contributed by atoms with Gasteiger partial charge in [0.05, 0.1) is 6.61 Å². The second-order valence-corrected chi connectivity index (χ2v) is 6.98. The summed E-state index contributed by atoms with van der Waals surface area (Å²) < 4.78 is 10.8. The number of nitrogens with zero attached hydrogens (tertiary/aromatic N) is 2. The zero-order valence-corrected chi connectivity index (χ0v) is 18.5. The van der Waals surface area contributed by atoms with Gasteiger partial charge in [0.25, 0.3) is 0 Å². The summed E-state index contributed by atoms with van der Waals surface area (Å²) in [5.74, 6) is 1.73. The van der Waals surface area contributed by atoms with Crippen molar-refractivity contribution in [1.82, 2.24) is 15.5 Å². The highest BCUT2D eigenvalue weighted by molar-refractivity contribution is 5.79. The van der Waals surface area contributed by atoms with Gasteiger partial charge in [-0.25, -0.2) is 0 Å². The SMILES string of the molecule is CCN(CC)CCCC(C)NC(=NC)NCc1cccc(OCCCOC)c1. The molecule has 0 radical (unpaired) electrons. The highest BCUT2D eigenvalue weighted by atomic mass is 16.5. The molecule has 0 fully saturated rings. The number of nitrogens with one attached hydrogen (secondary N) is 2. The van der Waals surface area contributed by atoms with Crippen molar-refractivity contribution < 1.29 is 9.47 Å². The summed E-state index contributed by atoms with van der Waals surface area (Å²) in [5, 5.41) is 6.88. The predicted molar refractivity (Wildman–Crippen MR) is 118 cm³/mol. The van der Waals surface area contributed by atoms with Crippen molar-refractivity contribution in [2.24, 2.45) is 4.99 Å². The highest BCUT2D eigenvalue weighted by Gasteiger charge is 2.07. The maximum atomic E-state index is 5.77. The van der Waals surface area contributed by atoms with Gasteiger partial charge in [-0.1, -0.05) is 26.0 Å². The van der Waals surface area contributed by atoms with Gasteiger partial charge in [-0.15, -0.1) is 0 Å². The molecule has 0 bridgehead atoms. The van der Waals surface area contributed by atoms with Crippen molar-refractivity contribution in [3.05, 3.63) is 29.8 Å². The second-order valence-electron chi connectivity index (χ2n) is 6.98. The molecule has 0 heterocycles. The van der Waals surface area contributed by atoms with E-state index in [1.807, 2.05) is 19.2 Å². The molecular formula is C22H40N4O2. The third-order valence-electron chi connectivity index (χ3n) is 4.73. The molecule has 28 heavy (non-hydrogen) atoms. The van der Waals surface area contributed by atoms with E-state index in [0.717, 1.165) is 50.8 Å². The normalized spacial score (nSPS) is 12.9. The van der Waals surface area contributed by atoms with Gasteiger partial charge in [-0.2, -0.15) is 0 Å². The number of guanidine groups is 1. The Labute approximate surface area is 171 Å². The van der Waals surface area contributed by atoms with E-state index < -0.39 is 0 Å². The van der Waals surface area contributed by atoms with Crippen LogP contribution in [0.5, 0.6) is 5.75 Å². The Kier molecular flexibility index (Phi) is 13.1. The molecule has 6 heteroatoms. The first-order chi connectivity index (χ1) is 13.6. The molecule has 1 unspecified atom stereocenters. The van der Waals surface area contributed by atoms with Crippen molar-refractivity contribution in [2.75, 3.05) is 47.0 Å². The van der Waals surface area contributed by atoms with Crippen molar-refractivity contribution in [3.8, 4) is 5.75 Å². The van der Waals surface area contributed by atoms with Crippen LogP contribution in [0.2, 0.25) is 0 Å². The monoisotopic (exact) mass is 392 g/mol. The smallest absolute Gasteiger partial charge is 0.191 e. The van der Waals surface area contributed by atoms with Crippen LogP contribution in [0.3, 0.4) is 0 Å². The molecule has 2 N–H and O–H groups in total. The Morgan fingerprint density at radius 2 is 1.96 bits per heavy atom. The maximum Gasteiger partial charge on any atom is 0.191 e. The van der Waals surface area contributed by atoms with Crippen molar-refractivity contribution in [1.29, 1.82) is 0 Å². The van der Waals surface area contributed by atoms with Crippen LogP contribution in [0, 0.1) is 0 Å². The largest absolute Gasteiger partial charge is 0.493 e. The minimum absolute atomic E-state index is 0.386. The van der Waals surface area contributed by atoms with E-state index in [4.69, 9.17) is 9.47 Å². The van der Waals surface area contributed by atoms with Gasteiger partial charge < -0.3 is 25.0 Å². The summed E-state index contributed by atoms with van der Waals surface area (Å²) in [6.45, 7) is 12.1. The average molecular weight is 393 g/mol. The Bertz CT molecular complexity index is 547. The summed E-state index contributed by atoms with van der Waals surface area (Å²) in [5.41, 5.74) is 1.17. The molecule has 1 aromatic carbocycles. The topological polar surface area (TPSA) is 58.1 Å². The third kappa shape index (κ3) is 10.5. The quantitative estimate of drug-likeness (QED) is 0.289. The number of ether oxygens (including phenoxy) is 2. The minimum Gasteiger partial charge on any atom is -0.493 e. The van der Waals surface area contributed by atoms with E-state index in [9.17, 15) is 0 Å². The van der Waals surface area contributed by atoms with E-state index in [1.54, 1.807) is 7.11 Å². The molecule has 0 saturated heterocycles. The maximum absolute atomic E-state index is 5.77. The van der Waals surface area contributed by atoms with Crippen LogP contribution in [0.15, 0.2) is 29.3 Å². The van der Waals surface area contributed by atoms with Gasteiger partial charge >= 0.3 is 0 Å².